The Labute approximate surface area is 177 Å². The third kappa shape index (κ3) is 5.71. The molecule has 0 heterocycles. The predicted molar refractivity (Wildman–Crippen MR) is 116 cm³/mol. The van der Waals surface area contributed by atoms with Crippen LogP contribution in [0.2, 0.25) is 0 Å². The van der Waals surface area contributed by atoms with Crippen molar-refractivity contribution in [1.82, 2.24) is 0 Å². The molecule has 1 N–H and O–H groups in total. The Morgan fingerprint density at radius 3 is 2.59 bits per heavy atom. The summed E-state index contributed by atoms with van der Waals surface area (Å²) in [5.74, 6) is 1.57. The van der Waals surface area contributed by atoms with Crippen molar-refractivity contribution in [1.29, 1.82) is 0 Å². The van der Waals surface area contributed by atoms with Gasteiger partial charge in [0.1, 0.15) is 6.61 Å². The molecule has 3 fully saturated rings. The van der Waals surface area contributed by atoms with Crippen LogP contribution in [0.3, 0.4) is 0 Å². The number of hydrogen-bond acceptors (Lipinski definition) is 4. The molecule has 0 bridgehead atoms. The first-order valence-electron chi connectivity index (χ1n) is 11.8. The summed E-state index contributed by atoms with van der Waals surface area (Å²) in [7, 11) is 0. The molecule has 3 aliphatic rings. The van der Waals surface area contributed by atoms with Crippen LogP contribution in [0.4, 0.5) is 0 Å². The number of fused-ring (bicyclic) bond motifs is 1. The summed E-state index contributed by atoms with van der Waals surface area (Å²) in [6, 6.07) is 0. The largest absolute Gasteiger partial charge is 0.458 e. The molecule has 0 radical (unpaired) electrons. The van der Waals surface area contributed by atoms with E-state index >= 15 is 0 Å². The van der Waals surface area contributed by atoms with Gasteiger partial charge in [-0.2, -0.15) is 0 Å². The fraction of sp³-hybridized carbons (Fsp3) is 0.840. The maximum atomic E-state index is 12.7. The number of allylic oxidation sites excluding steroid dienone is 1. The highest BCUT2D eigenvalue weighted by molar-refractivity contribution is 5.85. The lowest BCUT2D eigenvalue weighted by molar-refractivity contribution is -0.148. The maximum Gasteiger partial charge on any atom is 0.303 e. The molecule has 4 heteroatoms. The number of esters is 1. The molecule has 166 valence electrons. The van der Waals surface area contributed by atoms with E-state index in [1.807, 2.05) is 13.8 Å². The van der Waals surface area contributed by atoms with Gasteiger partial charge in [-0.3, -0.25) is 9.59 Å². The fourth-order valence-corrected chi connectivity index (χ4v) is 6.22. The molecule has 0 aromatic rings. The summed E-state index contributed by atoms with van der Waals surface area (Å²) in [4.78, 5) is 23.7. The van der Waals surface area contributed by atoms with Crippen molar-refractivity contribution >= 4 is 11.8 Å². The lowest BCUT2D eigenvalue weighted by Gasteiger charge is -2.44. The number of rotatable bonds is 5. The Morgan fingerprint density at radius 1 is 1.17 bits per heavy atom. The molecule has 3 aliphatic carbocycles. The Kier molecular flexibility index (Phi) is 8.93. The quantitative estimate of drug-likeness (QED) is 0.485. The van der Waals surface area contributed by atoms with Crippen LogP contribution in [-0.4, -0.2) is 29.6 Å². The molecule has 4 nitrogen and oxygen atoms in total. The molecule has 3 saturated carbocycles. The Balaban J connectivity index is 0.00000145. The first-order chi connectivity index (χ1) is 13.8. The zero-order valence-electron chi connectivity index (χ0n) is 19.2. The fourth-order valence-electron chi connectivity index (χ4n) is 6.22. The molecule has 0 spiro atoms. The zero-order valence-corrected chi connectivity index (χ0v) is 19.2. The summed E-state index contributed by atoms with van der Waals surface area (Å²) >= 11 is 0. The molecule has 29 heavy (non-hydrogen) atoms. The van der Waals surface area contributed by atoms with Crippen LogP contribution < -0.4 is 0 Å². The lowest BCUT2D eigenvalue weighted by Crippen LogP contribution is -2.40. The average Bonchev–Trinajstić information content (AvgIpc) is 3.06. The number of ether oxygens (including phenoxy) is 1. The minimum Gasteiger partial charge on any atom is -0.458 e. The molecule has 6 unspecified atom stereocenters. The van der Waals surface area contributed by atoms with Gasteiger partial charge >= 0.3 is 5.97 Å². The number of carbonyl (C=O) groups excluding carboxylic acids is 2. The lowest BCUT2D eigenvalue weighted by atomic mass is 9.60. The third-order valence-corrected chi connectivity index (χ3v) is 7.80. The van der Waals surface area contributed by atoms with E-state index in [0.717, 1.165) is 44.9 Å². The highest BCUT2D eigenvalue weighted by Crippen LogP contribution is 2.58. The summed E-state index contributed by atoms with van der Waals surface area (Å²) in [5.41, 5.74) is 1.48. The summed E-state index contributed by atoms with van der Waals surface area (Å²) < 4.78 is 4.99. The molecular weight excluding hydrogens is 364 g/mol. The minimum absolute atomic E-state index is 0.0349. The standard InChI is InChI=1S/C23H36O4.C2H6/c1-15-6-9-19(25)13-18(15)8-7-17-5-4-12-23(3)20(17)10-11-21(23)22(26)14-27-16(2)24;1-2/h8,15,17,19-21,25H,4-7,9-14H2,1-3H3;1-2H3/b18-8-;. The molecule has 0 aliphatic heterocycles. The van der Waals surface area contributed by atoms with Crippen LogP contribution in [0.1, 0.15) is 92.4 Å². The van der Waals surface area contributed by atoms with Crippen LogP contribution in [0.15, 0.2) is 11.6 Å². The number of Topliss-reactive ketones (excluding diaryl/α,β-unsaturated/α-hetero) is 1. The van der Waals surface area contributed by atoms with Gasteiger partial charge in [0.15, 0.2) is 5.78 Å². The highest BCUT2D eigenvalue weighted by atomic mass is 16.5. The van der Waals surface area contributed by atoms with E-state index in [9.17, 15) is 14.7 Å². The molecule has 0 saturated heterocycles. The highest BCUT2D eigenvalue weighted by Gasteiger charge is 2.53. The Hall–Kier alpha value is -1.16. The van der Waals surface area contributed by atoms with Crippen LogP contribution in [-0.2, 0) is 14.3 Å². The number of carbonyl (C=O) groups is 2. The molecular formula is C25H42O4. The Morgan fingerprint density at radius 2 is 1.90 bits per heavy atom. The molecule has 0 amide bonds. The number of ketones is 1. The van der Waals surface area contributed by atoms with Crippen molar-refractivity contribution in [2.24, 2.45) is 29.1 Å². The number of aliphatic hydroxyl groups is 1. The molecule has 0 aromatic carbocycles. The molecule has 3 rings (SSSR count). The van der Waals surface area contributed by atoms with E-state index in [0.29, 0.717) is 17.8 Å². The van der Waals surface area contributed by atoms with Gasteiger partial charge in [-0.1, -0.05) is 45.8 Å². The number of hydrogen-bond donors (Lipinski definition) is 1. The zero-order chi connectivity index (χ0) is 21.6. The topological polar surface area (TPSA) is 63.6 Å². The van der Waals surface area contributed by atoms with Crippen LogP contribution in [0.5, 0.6) is 0 Å². The van der Waals surface area contributed by atoms with E-state index in [1.54, 1.807) is 0 Å². The average molecular weight is 407 g/mol. The predicted octanol–water partition coefficient (Wildman–Crippen LogP) is 5.47. The van der Waals surface area contributed by atoms with E-state index in [2.05, 4.69) is 19.9 Å². The van der Waals surface area contributed by atoms with Gasteiger partial charge in [0.05, 0.1) is 6.10 Å². The normalized spacial score (nSPS) is 38.0. The van der Waals surface area contributed by atoms with E-state index in [4.69, 9.17) is 4.74 Å². The summed E-state index contributed by atoms with van der Waals surface area (Å²) in [5, 5.41) is 10.00. The van der Waals surface area contributed by atoms with Crippen LogP contribution in [0, 0.1) is 29.1 Å². The smallest absolute Gasteiger partial charge is 0.303 e. The minimum atomic E-state index is -0.375. The summed E-state index contributed by atoms with van der Waals surface area (Å²) in [6.07, 6.45) is 11.7. The van der Waals surface area contributed by atoms with Gasteiger partial charge < -0.3 is 9.84 Å². The van der Waals surface area contributed by atoms with Gasteiger partial charge in [0.25, 0.3) is 0 Å². The van der Waals surface area contributed by atoms with Crippen molar-refractivity contribution < 1.29 is 19.4 Å². The Bertz CT molecular complexity index is 596. The van der Waals surface area contributed by atoms with Crippen molar-refractivity contribution in [3.8, 4) is 0 Å². The van der Waals surface area contributed by atoms with Crippen molar-refractivity contribution in [3.63, 3.8) is 0 Å². The third-order valence-electron chi connectivity index (χ3n) is 7.80. The number of aliphatic hydroxyl groups excluding tert-OH is 1. The first kappa shape index (κ1) is 24.1. The maximum absolute atomic E-state index is 12.7. The van der Waals surface area contributed by atoms with Gasteiger partial charge in [-0.25, -0.2) is 0 Å². The summed E-state index contributed by atoms with van der Waals surface area (Å²) in [6.45, 7) is 9.88. The van der Waals surface area contributed by atoms with Crippen LogP contribution >= 0.6 is 0 Å². The van der Waals surface area contributed by atoms with Gasteiger partial charge in [-0.15, -0.1) is 0 Å². The second-order valence-electron chi connectivity index (χ2n) is 9.49. The van der Waals surface area contributed by atoms with Crippen LogP contribution in [0.25, 0.3) is 0 Å². The van der Waals surface area contributed by atoms with Crippen molar-refractivity contribution in [2.45, 2.75) is 98.5 Å². The second kappa shape index (κ2) is 10.7. The van der Waals surface area contributed by atoms with E-state index in [-0.39, 0.29) is 35.8 Å². The molecule has 0 aromatic heterocycles. The SMILES string of the molecule is CC.CC(=O)OCC(=O)C1CCC2C(C/C=C3/CC(O)CCC3C)CCCC12C. The van der Waals surface area contributed by atoms with E-state index < -0.39 is 0 Å². The van der Waals surface area contributed by atoms with Gasteiger partial charge in [-0.05, 0) is 74.5 Å². The van der Waals surface area contributed by atoms with Crippen molar-refractivity contribution in [3.05, 3.63) is 11.6 Å². The van der Waals surface area contributed by atoms with Crippen molar-refractivity contribution in [2.75, 3.05) is 6.61 Å². The molecule has 6 atom stereocenters. The first-order valence-corrected chi connectivity index (χ1v) is 11.8. The van der Waals surface area contributed by atoms with Gasteiger partial charge in [0, 0.05) is 12.8 Å². The second-order valence-corrected chi connectivity index (χ2v) is 9.49. The van der Waals surface area contributed by atoms with Gasteiger partial charge in [0.2, 0.25) is 0 Å². The van der Waals surface area contributed by atoms with E-state index in [1.165, 1.54) is 25.3 Å². The monoisotopic (exact) mass is 406 g/mol.